The Morgan fingerprint density at radius 3 is 2.55 bits per heavy atom. The Bertz CT molecular complexity index is 1040. The number of ether oxygens (including phenoxy) is 1. The molecule has 1 N–H and O–H groups in total. The summed E-state index contributed by atoms with van der Waals surface area (Å²) in [6, 6.07) is 4.36. The van der Waals surface area contributed by atoms with Crippen molar-refractivity contribution in [2.45, 2.75) is 51.4 Å². The van der Waals surface area contributed by atoms with E-state index in [-0.39, 0.29) is 22.0 Å². The molecule has 1 aromatic carbocycles. The van der Waals surface area contributed by atoms with Crippen molar-refractivity contribution in [3.05, 3.63) is 58.4 Å². The first-order chi connectivity index (χ1) is 15.4. The van der Waals surface area contributed by atoms with Gasteiger partial charge in [0.2, 0.25) is 0 Å². The Labute approximate surface area is 201 Å². The van der Waals surface area contributed by atoms with Gasteiger partial charge >= 0.3 is 6.09 Å². The van der Waals surface area contributed by atoms with E-state index in [4.69, 9.17) is 16.3 Å². The first kappa shape index (κ1) is 26.7. The van der Waals surface area contributed by atoms with Gasteiger partial charge in [0, 0.05) is 12.3 Å². The maximum Gasteiger partial charge on any atom is 0.413 e. The summed E-state index contributed by atoms with van der Waals surface area (Å²) in [5.74, 6) is -1.30. The largest absolute Gasteiger partial charge is 0.444 e. The van der Waals surface area contributed by atoms with Crippen LogP contribution in [0.3, 0.4) is 0 Å². The highest BCUT2D eigenvalue weighted by atomic mass is 35.5. The van der Waals surface area contributed by atoms with E-state index < -0.39 is 23.3 Å². The molecule has 0 aliphatic rings. The van der Waals surface area contributed by atoms with Crippen LogP contribution in [0.1, 0.15) is 57.4 Å². The summed E-state index contributed by atoms with van der Waals surface area (Å²) in [6.45, 7) is 9.04. The highest BCUT2D eigenvalue weighted by Crippen LogP contribution is 2.32. The quantitative estimate of drug-likeness (QED) is 0.379. The first-order valence-corrected chi connectivity index (χ1v) is 11.4. The van der Waals surface area contributed by atoms with E-state index in [9.17, 15) is 13.6 Å². The number of nitrogens with one attached hydrogen (secondary N) is 1. The molecule has 0 aliphatic heterocycles. The zero-order valence-corrected chi connectivity index (χ0v) is 20.9. The summed E-state index contributed by atoms with van der Waals surface area (Å²) >= 11 is 6.96. The molecule has 2 aromatic rings. The predicted octanol–water partition coefficient (Wildman–Crippen LogP) is 6.47. The van der Waals surface area contributed by atoms with Crippen LogP contribution >= 0.6 is 23.4 Å². The minimum atomic E-state index is -0.642. The lowest BCUT2D eigenvalue weighted by Gasteiger charge is -2.23. The van der Waals surface area contributed by atoms with Crippen LogP contribution in [0, 0.1) is 5.82 Å². The molecule has 1 unspecified atom stereocenters. The summed E-state index contributed by atoms with van der Waals surface area (Å²) in [4.78, 5) is 23.8. The van der Waals surface area contributed by atoms with Gasteiger partial charge in [0.05, 0.1) is 12.4 Å². The molecule has 33 heavy (non-hydrogen) atoms. The SMILES string of the molecule is C/N=C(/NC(=O)OC(C)(C)C)SC(C)[C@@H](C)c1cc(/C=C(\F)c2cnc(Cl)cn2)ccc1F. The molecule has 0 saturated carbocycles. The number of aromatic nitrogens is 2. The summed E-state index contributed by atoms with van der Waals surface area (Å²) in [5.41, 5.74) is 0.267. The fourth-order valence-electron chi connectivity index (χ4n) is 2.72. The van der Waals surface area contributed by atoms with Crippen molar-refractivity contribution in [3.63, 3.8) is 0 Å². The topological polar surface area (TPSA) is 76.5 Å². The molecular weight excluding hydrogens is 470 g/mol. The second-order valence-electron chi connectivity index (χ2n) is 8.26. The highest BCUT2D eigenvalue weighted by molar-refractivity contribution is 8.14. The van der Waals surface area contributed by atoms with Gasteiger partial charge in [-0.05, 0) is 56.0 Å². The van der Waals surface area contributed by atoms with E-state index in [0.29, 0.717) is 16.3 Å². The number of hydrogen-bond donors (Lipinski definition) is 1. The molecule has 178 valence electrons. The Morgan fingerprint density at radius 1 is 1.27 bits per heavy atom. The molecule has 6 nitrogen and oxygen atoms in total. The number of hydrogen-bond acceptors (Lipinski definition) is 6. The Balaban J connectivity index is 2.16. The minimum absolute atomic E-state index is 0.0271. The molecule has 0 radical (unpaired) electrons. The number of rotatable bonds is 5. The van der Waals surface area contributed by atoms with Gasteiger partial charge in [-0.25, -0.2) is 23.5 Å². The number of carbonyl (C=O) groups is 1. The molecule has 2 rings (SSSR count). The average molecular weight is 497 g/mol. The van der Waals surface area contributed by atoms with E-state index in [1.54, 1.807) is 33.9 Å². The van der Waals surface area contributed by atoms with Gasteiger partial charge < -0.3 is 4.74 Å². The minimum Gasteiger partial charge on any atom is -0.444 e. The smallest absolute Gasteiger partial charge is 0.413 e. The van der Waals surface area contributed by atoms with Crippen LogP contribution < -0.4 is 5.32 Å². The third kappa shape index (κ3) is 8.40. The van der Waals surface area contributed by atoms with Gasteiger partial charge in [-0.1, -0.05) is 43.3 Å². The van der Waals surface area contributed by atoms with Crippen LogP contribution in [0.4, 0.5) is 13.6 Å². The van der Waals surface area contributed by atoms with Gasteiger partial charge in [-0.2, -0.15) is 0 Å². The van der Waals surface area contributed by atoms with Gasteiger partial charge in [0.15, 0.2) is 11.0 Å². The van der Waals surface area contributed by atoms with Crippen LogP contribution in [0.25, 0.3) is 11.9 Å². The van der Waals surface area contributed by atoms with Gasteiger partial charge in [-0.15, -0.1) is 0 Å². The van der Waals surface area contributed by atoms with Gasteiger partial charge in [0.25, 0.3) is 0 Å². The van der Waals surface area contributed by atoms with E-state index in [1.165, 1.54) is 42.4 Å². The van der Waals surface area contributed by atoms with E-state index in [0.717, 1.165) is 0 Å². The van der Waals surface area contributed by atoms with Gasteiger partial charge in [-0.3, -0.25) is 10.3 Å². The maximum atomic E-state index is 14.6. The van der Waals surface area contributed by atoms with Crippen LogP contribution in [0.2, 0.25) is 5.15 Å². The molecule has 1 heterocycles. The number of amidine groups is 1. The molecular formula is C23H27ClF2N4O2S. The molecule has 0 spiro atoms. The lowest BCUT2D eigenvalue weighted by Crippen LogP contribution is -2.36. The normalized spacial score (nSPS) is 14.6. The van der Waals surface area contributed by atoms with Crippen LogP contribution in [0.5, 0.6) is 0 Å². The van der Waals surface area contributed by atoms with Crippen molar-refractivity contribution in [2.24, 2.45) is 4.99 Å². The fraction of sp³-hybridized carbons (Fsp3) is 0.391. The number of halogens is 3. The first-order valence-electron chi connectivity index (χ1n) is 10.2. The van der Waals surface area contributed by atoms with Crippen molar-refractivity contribution >= 4 is 46.5 Å². The maximum absolute atomic E-state index is 14.6. The standard InChI is InChI=1S/C23H27ClF2N4O2S/c1-13(14(2)33-21(27-6)30-22(31)32-23(3,4)5)16-9-15(7-8-17(16)25)10-18(26)19-11-29-20(24)12-28-19/h7-14H,1-6H3,(H,27,30,31)/b18-10-/t13-,14?/m1/s1. The highest BCUT2D eigenvalue weighted by Gasteiger charge is 2.23. The lowest BCUT2D eigenvalue weighted by atomic mass is 9.95. The lowest BCUT2D eigenvalue weighted by molar-refractivity contribution is 0.0564. The second kappa shape index (κ2) is 11.6. The molecule has 1 aromatic heterocycles. The summed E-state index contributed by atoms with van der Waals surface area (Å²) < 4.78 is 34.4. The molecule has 10 heteroatoms. The Hall–Kier alpha value is -2.52. The Kier molecular flexibility index (Phi) is 9.36. The van der Waals surface area contributed by atoms with Crippen molar-refractivity contribution < 1.29 is 18.3 Å². The van der Waals surface area contributed by atoms with Crippen molar-refractivity contribution in [2.75, 3.05) is 7.05 Å². The zero-order chi connectivity index (χ0) is 24.8. The van der Waals surface area contributed by atoms with E-state index in [1.807, 2.05) is 13.8 Å². The van der Waals surface area contributed by atoms with Crippen LogP contribution in [-0.2, 0) is 4.74 Å². The number of thioether (sulfide) groups is 1. The fourth-order valence-corrected chi connectivity index (χ4v) is 3.76. The molecule has 0 aliphatic carbocycles. The summed E-state index contributed by atoms with van der Waals surface area (Å²) in [7, 11) is 1.55. The number of aliphatic imine (C=N–C) groups is 1. The van der Waals surface area contributed by atoms with E-state index >= 15 is 0 Å². The summed E-state index contributed by atoms with van der Waals surface area (Å²) in [5, 5.41) is 2.96. The monoisotopic (exact) mass is 496 g/mol. The van der Waals surface area contributed by atoms with Crippen molar-refractivity contribution in [3.8, 4) is 0 Å². The number of carbonyl (C=O) groups excluding carboxylic acids is 1. The van der Waals surface area contributed by atoms with Gasteiger partial charge in [0.1, 0.15) is 22.3 Å². The zero-order valence-electron chi connectivity index (χ0n) is 19.3. The van der Waals surface area contributed by atoms with Crippen LogP contribution in [-0.4, -0.2) is 39.1 Å². The Morgan fingerprint density at radius 2 is 1.97 bits per heavy atom. The number of nitrogens with zero attached hydrogens (tertiary/aromatic N) is 3. The number of amides is 1. The molecule has 2 atom stereocenters. The molecule has 0 fully saturated rings. The number of alkyl carbamates (subject to hydrolysis) is 1. The summed E-state index contributed by atoms with van der Waals surface area (Å²) in [6.07, 6.45) is 3.12. The number of benzene rings is 1. The third-order valence-electron chi connectivity index (χ3n) is 4.48. The van der Waals surface area contributed by atoms with Crippen molar-refractivity contribution in [1.29, 1.82) is 0 Å². The second-order valence-corrected chi connectivity index (χ2v) is 10.0. The molecule has 0 saturated heterocycles. The third-order valence-corrected chi connectivity index (χ3v) is 5.96. The molecule has 1 amide bonds. The predicted molar refractivity (Wildman–Crippen MR) is 131 cm³/mol. The average Bonchev–Trinajstić information content (AvgIpc) is 2.73. The van der Waals surface area contributed by atoms with E-state index in [2.05, 4.69) is 20.3 Å². The molecule has 0 bridgehead atoms. The van der Waals surface area contributed by atoms with Crippen molar-refractivity contribution in [1.82, 2.24) is 15.3 Å². The van der Waals surface area contributed by atoms with Crippen LogP contribution in [0.15, 0.2) is 35.6 Å².